The molecule has 1 aliphatic carbocycles. The van der Waals surface area contributed by atoms with Crippen LogP contribution in [0.3, 0.4) is 0 Å². The molecule has 0 aromatic rings. The largest absolute Gasteiger partial charge is 0.392 e. The first-order chi connectivity index (χ1) is 5.74. The zero-order chi connectivity index (χ0) is 8.97. The maximum Gasteiger partial charge on any atom is 0.0639 e. The molecule has 3 heteroatoms. The molecule has 0 bridgehead atoms. The summed E-state index contributed by atoms with van der Waals surface area (Å²) in [7, 11) is 0. The Morgan fingerprint density at radius 3 is 2.75 bits per heavy atom. The molecule has 0 unspecified atom stereocenters. The van der Waals surface area contributed by atoms with Crippen LogP contribution in [0.15, 0.2) is 0 Å². The average molecular weight is 168 g/mol. The molecule has 1 aliphatic rings. The molecule has 0 saturated heterocycles. The molecule has 0 aromatic heterocycles. The lowest BCUT2D eigenvalue weighted by Crippen LogP contribution is -2.33. The van der Waals surface area contributed by atoms with Gasteiger partial charge in [-0.1, -0.05) is 0 Å². The molecule has 1 fully saturated rings. The van der Waals surface area contributed by atoms with E-state index in [1.807, 2.05) is 0 Å². The summed E-state index contributed by atoms with van der Waals surface area (Å²) >= 11 is 0. The van der Waals surface area contributed by atoms with E-state index in [-0.39, 0.29) is 6.10 Å². The highest BCUT2D eigenvalue weighted by molar-refractivity contribution is 4.86. The Morgan fingerprint density at radius 1 is 1.67 bits per heavy atom. The van der Waals surface area contributed by atoms with Gasteiger partial charge in [0.1, 0.15) is 0 Å². The molecular weight excluding hydrogens is 152 g/mol. The second-order valence-electron chi connectivity index (χ2n) is 3.48. The summed E-state index contributed by atoms with van der Waals surface area (Å²) in [6, 6.07) is 2.78. The van der Waals surface area contributed by atoms with Crippen LogP contribution in [0.2, 0.25) is 0 Å². The molecule has 1 N–H and O–H groups in total. The van der Waals surface area contributed by atoms with E-state index in [0.717, 1.165) is 6.54 Å². The summed E-state index contributed by atoms with van der Waals surface area (Å²) in [6.07, 6.45) is 2.77. The van der Waals surface area contributed by atoms with Crippen LogP contribution in [-0.4, -0.2) is 35.2 Å². The summed E-state index contributed by atoms with van der Waals surface area (Å²) < 4.78 is 0. The van der Waals surface area contributed by atoms with Gasteiger partial charge < -0.3 is 5.11 Å². The molecule has 1 saturated carbocycles. The van der Waals surface area contributed by atoms with Gasteiger partial charge in [0.2, 0.25) is 0 Å². The Labute approximate surface area is 73.6 Å². The van der Waals surface area contributed by atoms with Gasteiger partial charge in [-0.25, -0.2) is 0 Å². The predicted molar refractivity (Wildman–Crippen MR) is 46.5 cm³/mol. The first kappa shape index (κ1) is 9.50. The number of rotatable bonds is 5. The fraction of sp³-hybridized carbons (Fsp3) is 0.889. The van der Waals surface area contributed by atoms with Crippen LogP contribution in [0.25, 0.3) is 0 Å². The second kappa shape index (κ2) is 4.44. The Kier molecular flexibility index (Phi) is 3.51. The van der Waals surface area contributed by atoms with Gasteiger partial charge in [-0.3, -0.25) is 4.90 Å². The molecule has 1 atom stereocenters. The first-order valence-electron chi connectivity index (χ1n) is 4.53. The maximum atomic E-state index is 9.17. The lowest BCUT2D eigenvalue weighted by Gasteiger charge is -2.21. The molecule has 0 radical (unpaired) electrons. The summed E-state index contributed by atoms with van der Waals surface area (Å²) in [5.41, 5.74) is 0. The number of hydrogen-bond donors (Lipinski definition) is 1. The van der Waals surface area contributed by atoms with Gasteiger partial charge in [0, 0.05) is 25.6 Å². The van der Waals surface area contributed by atoms with Crippen LogP contribution in [0, 0.1) is 11.3 Å². The number of nitrogens with zero attached hydrogens (tertiary/aromatic N) is 2. The van der Waals surface area contributed by atoms with Gasteiger partial charge in [-0.2, -0.15) is 5.26 Å². The SMILES string of the molecule is C[C@H](O)CN(CCC#N)C1CC1. The van der Waals surface area contributed by atoms with Gasteiger partial charge in [0.15, 0.2) is 0 Å². The van der Waals surface area contributed by atoms with Crippen molar-refractivity contribution >= 4 is 0 Å². The molecule has 0 spiro atoms. The average Bonchev–Trinajstić information content (AvgIpc) is 2.79. The molecule has 3 nitrogen and oxygen atoms in total. The van der Waals surface area contributed by atoms with E-state index in [0.29, 0.717) is 19.0 Å². The summed E-state index contributed by atoms with van der Waals surface area (Å²) in [4.78, 5) is 2.22. The molecule has 0 amide bonds. The Bertz CT molecular complexity index is 170. The smallest absolute Gasteiger partial charge is 0.0639 e. The van der Waals surface area contributed by atoms with E-state index in [9.17, 15) is 5.11 Å². The number of hydrogen-bond acceptors (Lipinski definition) is 3. The minimum atomic E-state index is -0.274. The van der Waals surface area contributed by atoms with Gasteiger partial charge in [0.05, 0.1) is 12.2 Å². The van der Waals surface area contributed by atoms with Gasteiger partial charge in [-0.15, -0.1) is 0 Å². The van der Waals surface area contributed by atoms with E-state index in [1.54, 1.807) is 6.92 Å². The lowest BCUT2D eigenvalue weighted by atomic mass is 10.3. The zero-order valence-corrected chi connectivity index (χ0v) is 7.53. The third-order valence-corrected chi connectivity index (χ3v) is 2.07. The van der Waals surface area contributed by atoms with Crippen molar-refractivity contribution in [1.29, 1.82) is 5.26 Å². The van der Waals surface area contributed by atoms with Crippen molar-refractivity contribution in [2.45, 2.75) is 38.3 Å². The molecule has 12 heavy (non-hydrogen) atoms. The molecular formula is C9H16N2O. The Morgan fingerprint density at radius 2 is 2.33 bits per heavy atom. The molecule has 0 aromatic carbocycles. The summed E-state index contributed by atoms with van der Waals surface area (Å²) in [5.74, 6) is 0. The van der Waals surface area contributed by atoms with E-state index in [2.05, 4.69) is 11.0 Å². The van der Waals surface area contributed by atoms with E-state index in [4.69, 9.17) is 5.26 Å². The highest BCUT2D eigenvalue weighted by Crippen LogP contribution is 2.26. The number of aliphatic hydroxyl groups excluding tert-OH is 1. The molecule has 68 valence electrons. The van der Waals surface area contributed by atoms with Crippen LogP contribution in [0.5, 0.6) is 0 Å². The third-order valence-electron chi connectivity index (χ3n) is 2.07. The highest BCUT2D eigenvalue weighted by atomic mass is 16.3. The third kappa shape index (κ3) is 3.21. The van der Waals surface area contributed by atoms with Crippen molar-refractivity contribution in [3.63, 3.8) is 0 Å². The topological polar surface area (TPSA) is 47.3 Å². The van der Waals surface area contributed by atoms with E-state index < -0.39 is 0 Å². The van der Waals surface area contributed by atoms with Crippen LogP contribution >= 0.6 is 0 Å². The van der Waals surface area contributed by atoms with Crippen molar-refractivity contribution in [1.82, 2.24) is 4.90 Å². The number of aliphatic hydroxyl groups is 1. The molecule has 1 rings (SSSR count). The summed E-state index contributed by atoms with van der Waals surface area (Å²) in [6.45, 7) is 3.32. The molecule has 0 heterocycles. The van der Waals surface area contributed by atoms with Crippen LogP contribution < -0.4 is 0 Å². The van der Waals surface area contributed by atoms with Crippen LogP contribution in [-0.2, 0) is 0 Å². The fourth-order valence-electron chi connectivity index (χ4n) is 1.40. The first-order valence-corrected chi connectivity index (χ1v) is 4.53. The maximum absolute atomic E-state index is 9.17. The van der Waals surface area contributed by atoms with Crippen molar-refractivity contribution in [2.75, 3.05) is 13.1 Å². The normalized spacial score (nSPS) is 19.2. The lowest BCUT2D eigenvalue weighted by molar-refractivity contribution is 0.123. The van der Waals surface area contributed by atoms with Crippen molar-refractivity contribution in [3.8, 4) is 6.07 Å². The summed E-state index contributed by atoms with van der Waals surface area (Å²) in [5, 5.41) is 17.6. The van der Waals surface area contributed by atoms with Crippen molar-refractivity contribution in [3.05, 3.63) is 0 Å². The number of nitriles is 1. The quantitative estimate of drug-likeness (QED) is 0.658. The Hall–Kier alpha value is -0.590. The van der Waals surface area contributed by atoms with Gasteiger partial charge in [0.25, 0.3) is 0 Å². The predicted octanol–water partition coefficient (Wildman–Crippen LogP) is 0.745. The minimum Gasteiger partial charge on any atom is -0.392 e. The fourth-order valence-corrected chi connectivity index (χ4v) is 1.40. The van der Waals surface area contributed by atoms with Gasteiger partial charge in [-0.05, 0) is 19.8 Å². The van der Waals surface area contributed by atoms with Crippen molar-refractivity contribution < 1.29 is 5.11 Å². The van der Waals surface area contributed by atoms with Crippen LogP contribution in [0.4, 0.5) is 0 Å². The van der Waals surface area contributed by atoms with Crippen molar-refractivity contribution in [2.24, 2.45) is 0 Å². The Balaban J connectivity index is 2.23. The van der Waals surface area contributed by atoms with E-state index in [1.165, 1.54) is 12.8 Å². The molecule has 0 aliphatic heterocycles. The monoisotopic (exact) mass is 168 g/mol. The van der Waals surface area contributed by atoms with Crippen LogP contribution in [0.1, 0.15) is 26.2 Å². The zero-order valence-electron chi connectivity index (χ0n) is 7.53. The highest BCUT2D eigenvalue weighted by Gasteiger charge is 2.28. The second-order valence-corrected chi connectivity index (χ2v) is 3.48. The minimum absolute atomic E-state index is 0.274. The standard InChI is InChI=1S/C9H16N2O/c1-8(12)7-11(6-2-5-10)9-3-4-9/h8-9,12H,2-4,6-7H2,1H3/t8-/m0/s1. The van der Waals surface area contributed by atoms with Gasteiger partial charge >= 0.3 is 0 Å². The van der Waals surface area contributed by atoms with E-state index >= 15 is 0 Å².